The molecule has 0 aromatic carbocycles. The van der Waals surface area contributed by atoms with E-state index in [9.17, 15) is 4.79 Å². The van der Waals surface area contributed by atoms with Crippen molar-refractivity contribution >= 4 is 28.6 Å². The van der Waals surface area contributed by atoms with Crippen LogP contribution in [-0.4, -0.2) is 23.2 Å². The van der Waals surface area contributed by atoms with Crippen LogP contribution in [0.25, 0.3) is 0 Å². The van der Waals surface area contributed by atoms with Crippen LogP contribution < -0.4 is 5.32 Å². The third kappa shape index (κ3) is 1.42. The summed E-state index contributed by atoms with van der Waals surface area (Å²) in [6, 6.07) is 0. The van der Waals surface area contributed by atoms with Crippen molar-refractivity contribution in [3.05, 3.63) is 0 Å². The molecule has 0 spiro atoms. The van der Waals surface area contributed by atoms with Gasteiger partial charge in [0.1, 0.15) is 0 Å². The predicted molar refractivity (Wildman–Crippen MR) is 46.0 cm³/mol. The average molecular weight is 255 g/mol. The maximum atomic E-state index is 11.0. The fourth-order valence-corrected chi connectivity index (χ4v) is 1.91. The molecule has 1 N–H and O–H groups in total. The Bertz CT molecular complexity index is 143. The van der Waals surface area contributed by atoms with E-state index in [1.807, 2.05) is 0 Å². The number of hydrogen-bond donors (Lipinski definition) is 1. The Labute approximate surface area is 73.6 Å². The van der Waals surface area contributed by atoms with Crippen LogP contribution in [0.1, 0.15) is 12.8 Å². The van der Waals surface area contributed by atoms with E-state index in [1.165, 1.54) is 7.11 Å². The zero-order chi connectivity index (χ0) is 7.61. The van der Waals surface area contributed by atoms with E-state index in [4.69, 9.17) is 0 Å². The lowest BCUT2D eigenvalue weighted by molar-refractivity contribution is -0.143. The monoisotopic (exact) mass is 255 g/mol. The molecule has 1 saturated heterocycles. The van der Waals surface area contributed by atoms with Crippen LogP contribution in [0.2, 0.25) is 0 Å². The lowest BCUT2D eigenvalue weighted by Crippen LogP contribution is -2.41. The Balaban J connectivity index is 2.58. The van der Waals surface area contributed by atoms with E-state index in [-0.39, 0.29) is 5.97 Å². The minimum atomic E-state index is -0.438. The van der Waals surface area contributed by atoms with Crippen molar-refractivity contribution in [2.45, 2.75) is 16.4 Å². The van der Waals surface area contributed by atoms with E-state index < -0.39 is 3.55 Å². The molecule has 0 aromatic heterocycles. The van der Waals surface area contributed by atoms with Crippen molar-refractivity contribution in [2.75, 3.05) is 13.7 Å². The van der Waals surface area contributed by atoms with Gasteiger partial charge in [0.25, 0.3) is 0 Å². The van der Waals surface area contributed by atoms with Gasteiger partial charge >= 0.3 is 5.97 Å². The van der Waals surface area contributed by atoms with Gasteiger partial charge in [-0.25, -0.2) is 4.79 Å². The first kappa shape index (κ1) is 8.26. The first-order valence-electron chi connectivity index (χ1n) is 3.21. The highest BCUT2D eigenvalue weighted by Gasteiger charge is 2.38. The number of esters is 1. The van der Waals surface area contributed by atoms with Crippen LogP contribution in [0.3, 0.4) is 0 Å². The lowest BCUT2D eigenvalue weighted by atomic mass is 10.2. The molecule has 0 saturated carbocycles. The molecular weight excluding hydrogens is 245 g/mol. The molecule has 0 unspecified atom stereocenters. The zero-order valence-electron chi connectivity index (χ0n) is 5.82. The highest BCUT2D eigenvalue weighted by Crippen LogP contribution is 2.27. The number of halogens is 1. The minimum Gasteiger partial charge on any atom is -0.467 e. The van der Waals surface area contributed by atoms with E-state index in [1.54, 1.807) is 0 Å². The molecule has 1 heterocycles. The molecular formula is C6H10INO2. The summed E-state index contributed by atoms with van der Waals surface area (Å²) in [4.78, 5) is 11.0. The second-order valence-electron chi connectivity index (χ2n) is 2.32. The topological polar surface area (TPSA) is 38.3 Å². The van der Waals surface area contributed by atoms with E-state index in [2.05, 4.69) is 32.6 Å². The molecule has 1 aliphatic rings. The van der Waals surface area contributed by atoms with Crippen molar-refractivity contribution in [3.8, 4) is 0 Å². The van der Waals surface area contributed by atoms with Crippen LogP contribution in [0, 0.1) is 0 Å². The summed E-state index contributed by atoms with van der Waals surface area (Å²) in [5, 5.41) is 3.10. The maximum Gasteiger partial charge on any atom is 0.336 e. The normalized spacial score (nSPS) is 32.2. The second kappa shape index (κ2) is 3.04. The van der Waals surface area contributed by atoms with E-state index in [0.717, 1.165) is 19.4 Å². The summed E-state index contributed by atoms with van der Waals surface area (Å²) in [6.45, 7) is 0.915. The number of nitrogens with one attached hydrogen (secondary N) is 1. The SMILES string of the molecule is COC(=O)[C@]1(I)CCCN1. The van der Waals surface area contributed by atoms with Gasteiger partial charge in [-0.05, 0) is 42.0 Å². The number of ether oxygens (including phenoxy) is 1. The van der Waals surface area contributed by atoms with Crippen molar-refractivity contribution in [1.82, 2.24) is 5.32 Å². The van der Waals surface area contributed by atoms with Crippen LogP contribution in [0.4, 0.5) is 0 Å². The molecule has 10 heavy (non-hydrogen) atoms. The van der Waals surface area contributed by atoms with Crippen molar-refractivity contribution < 1.29 is 9.53 Å². The first-order chi connectivity index (χ1) is 4.69. The molecule has 1 aliphatic heterocycles. The zero-order valence-corrected chi connectivity index (χ0v) is 7.97. The molecule has 0 amide bonds. The smallest absolute Gasteiger partial charge is 0.336 e. The van der Waals surface area contributed by atoms with Gasteiger partial charge in [0.2, 0.25) is 0 Å². The van der Waals surface area contributed by atoms with Gasteiger partial charge in [0.05, 0.1) is 7.11 Å². The Kier molecular flexibility index (Phi) is 2.51. The summed E-state index contributed by atoms with van der Waals surface area (Å²) >= 11 is 2.11. The van der Waals surface area contributed by atoms with E-state index in [0.29, 0.717) is 0 Å². The molecule has 0 bridgehead atoms. The van der Waals surface area contributed by atoms with Gasteiger partial charge in [0, 0.05) is 0 Å². The Morgan fingerprint density at radius 1 is 1.80 bits per heavy atom. The molecule has 4 heteroatoms. The predicted octanol–water partition coefficient (Wildman–Crippen LogP) is 0.674. The molecule has 58 valence electrons. The fourth-order valence-electron chi connectivity index (χ4n) is 1.04. The third-order valence-corrected chi connectivity index (χ3v) is 2.97. The largest absolute Gasteiger partial charge is 0.467 e. The molecule has 3 nitrogen and oxygen atoms in total. The van der Waals surface area contributed by atoms with E-state index >= 15 is 0 Å². The first-order valence-corrected chi connectivity index (χ1v) is 4.29. The van der Waals surface area contributed by atoms with Gasteiger partial charge in [-0.1, -0.05) is 0 Å². The van der Waals surface area contributed by atoms with Crippen molar-refractivity contribution in [1.29, 1.82) is 0 Å². The number of alkyl halides is 1. The average Bonchev–Trinajstić information content (AvgIpc) is 2.36. The van der Waals surface area contributed by atoms with Gasteiger partial charge in [0.15, 0.2) is 3.55 Å². The van der Waals surface area contributed by atoms with Gasteiger partial charge in [-0.2, -0.15) is 0 Å². The lowest BCUT2D eigenvalue weighted by Gasteiger charge is -2.17. The maximum absolute atomic E-state index is 11.0. The summed E-state index contributed by atoms with van der Waals surface area (Å²) in [7, 11) is 1.42. The van der Waals surface area contributed by atoms with Gasteiger partial charge < -0.3 is 4.74 Å². The molecule has 0 aliphatic carbocycles. The van der Waals surface area contributed by atoms with Crippen molar-refractivity contribution in [3.63, 3.8) is 0 Å². The number of carbonyl (C=O) groups is 1. The third-order valence-electron chi connectivity index (χ3n) is 1.61. The van der Waals surface area contributed by atoms with Crippen molar-refractivity contribution in [2.24, 2.45) is 0 Å². The molecule has 0 aromatic rings. The number of carbonyl (C=O) groups excluding carboxylic acids is 1. The summed E-state index contributed by atoms with van der Waals surface area (Å²) in [6.07, 6.45) is 1.93. The minimum absolute atomic E-state index is 0.161. The molecule has 1 fully saturated rings. The summed E-state index contributed by atoms with van der Waals surface area (Å²) in [5.41, 5.74) is 0. The molecule has 0 radical (unpaired) electrons. The van der Waals surface area contributed by atoms with Crippen LogP contribution >= 0.6 is 22.6 Å². The van der Waals surface area contributed by atoms with Gasteiger partial charge in [-0.15, -0.1) is 0 Å². The fraction of sp³-hybridized carbons (Fsp3) is 0.833. The van der Waals surface area contributed by atoms with Crippen LogP contribution in [-0.2, 0) is 9.53 Å². The molecule has 1 rings (SSSR count). The number of methoxy groups -OCH3 is 1. The standard InChI is InChI=1S/C6H10INO2/c1-10-5(9)6(7)3-2-4-8-6/h8H,2-4H2,1H3/t6-/m0/s1. The Morgan fingerprint density at radius 3 is 2.90 bits per heavy atom. The summed E-state index contributed by atoms with van der Waals surface area (Å²) in [5.74, 6) is -0.161. The molecule has 1 atom stereocenters. The highest BCUT2D eigenvalue weighted by atomic mass is 127. The Hall–Kier alpha value is 0.160. The quantitative estimate of drug-likeness (QED) is 0.324. The number of rotatable bonds is 1. The van der Waals surface area contributed by atoms with Crippen LogP contribution in [0.15, 0.2) is 0 Å². The van der Waals surface area contributed by atoms with Crippen LogP contribution in [0.5, 0.6) is 0 Å². The Morgan fingerprint density at radius 2 is 2.50 bits per heavy atom. The summed E-state index contributed by atoms with van der Waals surface area (Å²) < 4.78 is 4.19. The number of hydrogen-bond acceptors (Lipinski definition) is 3. The highest BCUT2D eigenvalue weighted by molar-refractivity contribution is 14.1. The second-order valence-corrected chi connectivity index (χ2v) is 4.16. The van der Waals surface area contributed by atoms with Gasteiger partial charge in [-0.3, -0.25) is 5.32 Å².